The summed E-state index contributed by atoms with van der Waals surface area (Å²) in [5.41, 5.74) is 3.91. The van der Waals surface area contributed by atoms with Gasteiger partial charge in [0.15, 0.2) is 5.13 Å². The van der Waals surface area contributed by atoms with Crippen LogP contribution in [0, 0.1) is 13.8 Å². The molecule has 2 heterocycles. The first-order valence-electron chi connectivity index (χ1n) is 9.84. The Kier molecular flexibility index (Phi) is 5.81. The lowest BCUT2D eigenvalue weighted by atomic mass is 10.1. The smallest absolute Gasteiger partial charge is 0.260 e. The van der Waals surface area contributed by atoms with Crippen LogP contribution in [-0.4, -0.2) is 34.1 Å². The Hall–Kier alpha value is -3.19. The van der Waals surface area contributed by atoms with Crippen molar-refractivity contribution in [1.82, 2.24) is 14.5 Å². The minimum Gasteiger partial charge on any atom is -0.497 e. The lowest BCUT2D eigenvalue weighted by molar-refractivity contribution is 0.0986. The molecule has 0 saturated carbocycles. The van der Waals surface area contributed by atoms with Crippen molar-refractivity contribution in [2.24, 2.45) is 0 Å². The molecule has 2 aromatic heterocycles. The van der Waals surface area contributed by atoms with Gasteiger partial charge in [-0.3, -0.25) is 9.69 Å². The predicted octanol–water partition coefficient (Wildman–Crippen LogP) is 4.86. The average molecular weight is 421 g/mol. The van der Waals surface area contributed by atoms with Gasteiger partial charge >= 0.3 is 0 Å². The monoisotopic (exact) mass is 420 g/mol. The number of anilines is 1. The number of nitrogens with zero attached hydrogens (tertiary/aromatic N) is 4. The Labute approximate surface area is 179 Å². The van der Waals surface area contributed by atoms with Crippen LogP contribution in [0.15, 0.2) is 55.1 Å². The molecule has 0 radical (unpaired) electrons. The number of carbonyl (C=O) groups excluding carboxylic acids is 1. The number of amides is 1. The second-order valence-electron chi connectivity index (χ2n) is 7.27. The molecule has 0 fully saturated rings. The summed E-state index contributed by atoms with van der Waals surface area (Å²) in [6.07, 6.45) is 6.28. The van der Waals surface area contributed by atoms with E-state index in [2.05, 4.69) is 31.0 Å². The number of hydrogen-bond donors (Lipinski definition) is 0. The fraction of sp³-hybridized carbons (Fsp3) is 0.261. The highest BCUT2D eigenvalue weighted by atomic mass is 32.1. The molecule has 4 rings (SSSR count). The fourth-order valence-corrected chi connectivity index (χ4v) is 4.52. The van der Waals surface area contributed by atoms with Gasteiger partial charge in [-0.05, 0) is 61.7 Å². The van der Waals surface area contributed by atoms with Gasteiger partial charge in [0.2, 0.25) is 0 Å². The second-order valence-corrected chi connectivity index (χ2v) is 8.24. The van der Waals surface area contributed by atoms with Crippen molar-refractivity contribution in [2.75, 3.05) is 18.6 Å². The van der Waals surface area contributed by atoms with Gasteiger partial charge in [0.25, 0.3) is 5.91 Å². The maximum atomic E-state index is 13.4. The van der Waals surface area contributed by atoms with Crippen molar-refractivity contribution in [3.8, 4) is 5.75 Å². The van der Waals surface area contributed by atoms with E-state index in [0.29, 0.717) is 12.1 Å². The lowest BCUT2D eigenvalue weighted by Gasteiger charge is -2.20. The van der Waals surface area contributed by atoms with Gasteiger partial charge < -0.3 is 9.30 Å². The van der Waals surface area contributed by atoms with Crippen molar-refractivity contribution < 1.29 is 9.53 Å². The largest absolute Gasteiger partial charge is 0.497 e. The maximum Gasteiger partial charge on any atom is 0.260 e. The van der Waals surface area contributed by atoms with E-state index in [0.717, 1.165) is 34.1 Å². The number of thiazole rings is 1. The first-order valence-corrected chi connectivity index (χ1v) is 10.7. The van der Waals surface area contributed by atoms with Crippen LogP contribution in [-0.2, 0) is 6.54 Å². The van der Waals surface area contributed by atoms with Crippen LogP contribution in [0.2, 0.25) is 0 Å². The normalized spacial score (nSPS) is 11.0. The standard InChI is InChI=1S/C23H24N4O2S/c1-16-13-17(2)21-20(14-16)25-23(30-21)27(11-4-10-26-12-9-24-15-26)22(28)18-5-7-19(29-3)8-6-18/h5-9,12-15H,4,10-11H2,1-3H3. The first-order chi connectivity index (χ1) is 14.5. The summed E-state index contributed by atoms with van der Waals surface area (Å²) in [5.74, 6) is 0.668. The van der Waals surface area contributed by atoms with E-state index in [1.165, 1.54) is 11.1 Å². The predicted molar refractivity (Wildman–Crippen MR) is 121 cm³/mol. The SMILES string of the molecule is COc1ccc(C(=O)N(CCCn2ccnc2)c2nc3cc(C)cc(C)c3s2)cc1. The number of aryl methyl sites for hydroxylation is 3. The zero-order valence-corrected chi connectivity index (χ0v) is 18.1. The van der Waals surface area contributed by atoms with Crippen LogP contribution in [0.5, 0.6) is 5.75 Å². The minimum absolute atomic E-state index is 0.0586. The van der Waals surface area contributed by atoms with Crippen molar-refractivity contribution in [3.05, 3.63) is 71.8 Å². The van der Waals surface area contributed by atoms with E-state index in [4.69, 9.17) is 9.72 Å². The molecule has 1 amide bonds. The molecule has 4 aromatic rings. The summed E-state index contributed by atoms with van der Waals surface area (Å²) in [6.45, 7) is 5.51. The molecule has 2 aromatic carbocycles. The number of imidazole rings is 1. The number of carbonyl (C=O) groups is 1. The van der Waals surface area contributed by atoms with E-state index < -0.39 is 0 Å². The zero-order chi connectivity index (χ0) is 21.1. The quantitative estimate of drug-likeness (QED) is 0.429. The van der Waals surface area contributed by atoms with E-state index >= 15 is 0 Å². The Morgan fingerprint density at radius 3 is 2.70 bits per heavy atom. The summed E-state index contributed by atoms with van der Waals surface area (Å²) in [7, 11) is 1.62. The highest BCUT2D eigenvalue weighted by molar-refractivity contribution is 7.22. The van der Waals surface area contributed by atoms with E-state index in [1.54, 1.807) is 48.0 Å². The van der Waals surface area contributed by atoms with Gasteiger partial charge in [-0.25, -0.2) is 9.97 Å². The van der Waals surface area contributed by atoms with Crippen molar-refractivity contribution in [3.63, 3.8) is 0 Å². The van der Waals surface area contributed by atoms with Crippen LogP contribution in [0.1, 0.15) is 27.9 Å². The molecular weight excluding hydrogens is 396 g/mol. The Bertz CT molecular complexity index is 1150. The number of benzene rings is 2. The summed E-state index contributed by atoms with van der Waals surface area (Å²) < 4.78 is 8.36. The third-order valence-corrected chi connectivity index (χ3v) is 6.21. The van der Waals surface area contributed by atoms with Gasteiger partial charge in [0, 0.05) is 31.0 Å². The van der Waals surface area contributed by atoms with Crippen molar-refractivity contribution in [1.29, 1.82) is 0 Å². The van der Waals surface area contributed by atoms with Crippen molar-refractivity contribution in [2.45, 2.75) is 26.8 Å². The lowest BCUT2D eigenvalue weighted by Crippen LogP contribution is -2.32. The Morgan fingerprint density at radius 1 is 1.20 bits per heavy atom. The Balaban J connectivity index is 1.65. The molecule has 30 heavy (non-hydrogen) atoms. The number of rotatable bonds is 7. The second kappa shape index (κ2) is 8.67. The molecule has 0 N–H and O–H groups in total. The molecule has 0 unspecified atom stereocenters. The molecule has 0 atom stereocenters. The molecule has 154 valence electrons. The highest BCUT2D eigenvalue weighted by Gasteiger charge is 2.22. The molecule has 0 aliphatic rings. The molecule has 0 aliphatic heterocycles. The van der Waals surface area contributed by atoms with Crippen LogP contribution < -0.4 is 9.64 Å². The van der Waals surface area contributed by atoms with Crippen LogP contribution in [0.3, 0.4) is 0 Å². The minimum atomic E-state index is -0.0586. The third kappa shape index (κ3) is 4.21. The molecule has 7 heteroatoms. The van der Waals surface area contributed by atoms with Gasteiger partial charge in [-0.15, -0.1) is 0 Å². The molecule has 0 saturated heterocycles. The molecule has 6 nitrogen and oxygen atoms in total. The summed E-state index contributed by atoms with van der Waals surface area (Å²) in [6, 6.07) is 11.4. The Morgan fingerprint density at radius 2 is 2.00 bits per heavy atom. The zero-order valence-electron chi connectivity index (χ0n) is 17.3. The number of hydrogen-bond acceptors (Lipinski definition) is 5. The van der Waals surface area contributed by atoms with Crippen LogP contribution in [0.25, 0.3) is 10.2 Å². The number of aromatic nitrogens is 3. The average Bonchev–Trinajstić information content (AvgIpc) is 3.41. The highest BCUT2D eigenvalue weighted by Crippen LogP contribution is 2.33. The number of ether oxygens (including phenoxy) is 1. The summed E-state index contributed by atoms with van der Waals surface area (Å²) in [5, 5.41) is 0.727. The number of fused-ring (bicyclic) bond motifs is 1. The molecule has 0 bridgehead atoms. The van der Waals surface area contributed by atoms with Crippen LogP contribution >= 0.6 is 11.3 Å². The molecule has 0 spiro atoms. The van der Waals surface area contributed by atoms with Gasteiger partial charge in [-0.1, -0.05) is 17.4 Å². The van der Waals surface area contributed by atoms with Gasteiger partial charge in [0.1, 0.15) is 5.75 Å². The summed E-state index contributed by atoms with van der Waals surface area (Å²) in [4.78, 5) is 24.1. The van der Waals surface area contributed by atoms with E-state index in [1.807, 2.05) is 22.9 Å². The third-order valence-electron chi connectivity index (χ3n) is 4.98. The topological polar surface area (TPSA) is 60.2 Å². The first kappa shape index (κ1) is 20.1. The molecular formula is C23H24N4O2S. The van der Waals surface area contributed by atoms with Crippen LogP contribution in [0.4, 0.5) is 5.13 Å². The molecule has 0 aliphatic carbocycles. The summed E-state index contributed by atoms with van der Waals surface area (Å²) >= 11 is 1.57. The van der Waals surface area contributed by atoms with Gasteiger partial charge in [-0.2, -0.15) is 0 Å². The van der Waals surface area contributed by atoms with Crippen molar-refractivity contribution >= 4 is 32.6 Å². The number of methoxy groups -OCH3 is 1. The van der Waals surface area contributed by atoms with E-state index in [9.17, 15) is 4.79 Å². The fourth-order valence-electron chi connectivity index (χ4n) is 3.48. The maximum absolute atomic E-state index is 13.4. The van der Waals surface area contributed by atoms with E-state index in [-0.39, 0.29) is 5.91 Å². The van der Waals surface area contributed by atoms with Gasteiger partial charge in [0.05, 0.1) is 23.7 Å².